The van der Waals surface area contributed by atoms with E-state index >= 15 is 0 Å². The zero-order valence-corrected chi connectivity index (χ0v) is 26.8. The zero-order chi connectivity index (χ0) is 29.8. The Morgan fingerprint density at radius 3 is 2.45 bits per heavy atom. The van der Waals surface area contributed by atoms with Crippen molar-refractivity contribution < 1.29 is 9.21 Å². The first-order valence-corrected chi connectivity index (χ1v) is 16.1. The lowest BCUT2D eigenvalue weighted by molar-refractivity contribution is -0.139. The maximum atomic E-state index is 14.0. The number of carbonyl (C=O) groups is 1. The van der Waals surface area contributed by atoms with Crippen molar-refractivity contribution in [2.75, 3.05) is 19.6 Å². The molecule has 40 heavy (non-hydrogen) atoms. The van der Waals surface area contributed by atoms with E-state index in [2.05, 4.69) is 61.1 Å². The van der Waals surface area contributed by atoms with Gasteiger partial charge in [-0.2, -0.15) is 0 Å². The molecule has 4 heteroatoms. The molecule has 1 atom stereocenters. The summed E-state index contributed by atoms with van der Waals surface area (Å²) in [5.41, 5.74) is 3.30. The van der Waals surface area contributed by atoms with Crippen molar-refractivity contribution in [3.05, 3.63) is 60.1 Å². The number of amides is 1. The zero-order valence-electron chi connectivity index (χ0n) is 26.8. The van der Waals surface area contributed by atoms with Crippen molar-refractivity contribution >= 4 is 5.91 Å². The highest BCUT2D eigenvalue weighted by molar-refractivity contribution is 5.79. The molecule has 4 nitrogen and oxygen atoms in total. The smallest absolute Gasteiger partial charge is 0.226 e. The number of nitrogens with zero attached hydrogens (tertiary/aromatic N) is 2. The minimum absolute atomic E-state index is 0.164. The number of hydrogen-bond acceptors (Lipinski definition) is 3. The normalized spacial score (nSPS) is 21.8. The predicted octanol–water partition coefficient (Wildman–Crippen LogP) is 9.20. The van der Waals surface area contributed by atoms with Gasteiger partial charge in [0, 0.05) is 49.2 Å². The van der Waals surface area contributed by atoms with Crippen LogP contribution in [0.2, 0.25) is 0 Å². The van der Waals surface area contributed by atoms with Gasteiger partial charge < -0.3 is 9.32 Å². The highest BCUT2D eigenvalue weighted by Crippen LogP contribution is 2.31. The Balaban J connectivity index is 0.00000191. The van der Waals surface area contributed by atoms with Gasteiger partial charge in [0.1, 0.15) is 0 Å². The molecular weight excluding hydrogens is 492 g/mol. The summed E-state index contributed by atoms with van der Waals surface area (Å²) < 4.78 is 5.27. The molecule has 1 saturated carbocycles. The molecule has 1 saturated heterocycles. The summed E-state index contributed by atoms with van der Waals surface area (Å²) in [4.78, 5) is 18.7. The molecule has 1 unspecified atom stereocenters. The maximum Gasteiger partial charge on any atom is 0.226 e. The van der Waals surface area contributed by atoms with Crippen LogP contribution in [0.15, 0.2) is 59.0 Å². The predicted molar refractivity (Wildman–Crippen MR) is 172 cm³/mol. The molecule has 1 aliphatic carbocycles. The Morgan fingerprint density at radius 1 is 1.12 bits per heavy atom. The molecule has 0 spiro atoms. The molecule has 2 fully saturated rings. The van der Waals surface area contributed by atoms with Gasteiger partial charge in [-0.05, 0) is 88.5 Å². The first-order chi connectivity index (χ1) is 19.5. The number of unbranched alkanes of at least 4 members (excludes halogenated alkanes) is 1. The first kappa shape index (κ1) is 35.5. The number of hydrogen-bond donors (Lipinski definition) is 0. The fourth-order valence-corrected chi connectivity index (χ4v) is 5.43. The Kier molecular flexibility index (Phi) is 18.9. The van der Waals surface area contributed by atoms with E-state index in [1.807, 2.05) is 46.1 Å². The molecule has 1 aromatic rings. The van der Waals surface area contributed by atoms with Crippen LogP contribution in [0.5, 0.6) is 0 Å². The van der Waals surface area contributed by atoms with Crippen LogP contribution in [0.1, 0.15) is 112 Å². The number of allylic oxidation sites excluding steroid dienone is 3. The summed E-state index contributed by atoms with van der Waals surface area (Å²) in [6.07, 6.45) is 19.2. The molecule has 3 rings (SSSR count). The molecule has 224 valence electrons. The third kappa shape index (κ3) is 12.3. The van der Waals surface area contributed by atoms with Crippen LogP contribution in [-0.4, -0.2) is 41.4 Å². The average molecular weight is 551 g/mol. The molecular formula is C36H58N2O2. The lowest BCUT2D eigenvalue weighted by atomic mass is 9.82. The first-order valence-electron chi connectivity index (χ1n) is 16.1. The third-order valence-electron chi connectivity index (χ3n) is 7.76. The second kappa shape index (κ2) is 21.3. The van der Waals surface area contributed by atoms with Gasteiger partial charge in [-0.1, -0.05) is 72.1 Å². The van der Waals surface area contributed by atoms with Crippen LogP contribution in [0.4, 0.5) is 0 Å². The van der Waals surface area contributed by atoms with Crippen LogP contribution < -0.4 is 0 Å². The lowest BCUT2D eigenvalue weighted by Crippen LogP contribution is -2.45. The lowest BCUT2D eigenvalue weighted by Gasteiger charge is -2.36. The molecule has 1 amide bonds. The van der Waals surface area contributed by atoms with E-state index in [1.165, 1.54) is 5.56 Å². The van der Waals surface area contributed by atoms with E-state index in [1.54, 1.807) is 6.26 Å². The van der Waals surface area contributed by atoms with Crippen LogP contribution in [0.25, 0.3) is 0 Å². The molecule has 2 heterocycles. The number of likely N-dealkylation sites (tertiary alicyclic amines) is 1. The van der Waals surface area contributed by atoms with Crippen molar-refractivity contribution in [2.45, 2.75) is 119 Å². The van der Waals surface area contributed by atoms with Crippen molar-refractivity contribution in [3.8, 4) is 11.8 Å². The molecule has 0 aromatic carbocycles. The summed E-state index contributed by atoms with van der Waals surface area (Å²) in [6.45, 7) is 22.1. The summed E-state index contributed by atoms with van der Waals surface area (Å²) in [5, 5.41) is 0. The van der Waals surface area contributed by atoms with E-state index in [4.69, 9.17) is 4.42 Å². The van der Waals surface area contributed by atoms with Gasteiger partial charge in [-0.25, -0.2) is 0 Å². The fourth-order valence-electron chi connectivity index (χ4n) is 5.43. The molecule has 1 aliphatic heterocycles. The van der Waals surface area contributed by atoms with Crippen molar-refractivity contribution in [2.24, 2.45) is 11.8 Å². The fraction of sp³-hybridized carbons (Fsp3) is 0.639. The quantitative estimate of drug-likeness (QED) is 0.227. The Morgan fingerprint density at radius 2 is 1.85 bits per heavy atom. The van der Waals surface area contributed by atoms with Crippen LogP contribution in [-0.2, 0) is 11.3 Å². The van der Waals surface area contributed by atoms with E-state index in [-0.39, 0.29) is 12.0 Å². The SMILES string of the molecule is C=C/C(C#CCCC)=C\C(=C/C)CN(C(=O)C1CCC(C)CC1)C1CCCN(Cc2ccoc2)CC1.CC.CC. The number of furan rings is 1. The Labute approximate surface area is 247 Å². The average Bonchev–Trinajstić information content (AvgIpc) is 3.40. The minimum atomic E-state index is 0.164. The molecule has 2 aliphatic rings. The van der Waals surface area contributed by atoms with Crippen LogP contribution in [0.3, 0.4) is 0 Å². The summed E-state index contributed by atoms with van der Waals surface area (Å²) in [7, 11) is 0. The molecule has 0 radical (unpaired) electrons. The van der Waals surface area contributed by atoms with Crippen molar-refractivity contribution in [3.63, 3.8) is 0 Å². The van der Waals surface area contributed by atoms with Gasteiger partial charge in [0.25, 0.3) is 0 Å². The van der Waals surface area contributed by atoms with Crippen molar-refractivity contribution in [1.82, 2.24) is 9.80 Å². The summed E-state index contributed by atoms with van der Waals surface area (Å²) in [5.74, 6) is 7.75. The highest BCUT2D eigenvalue weighted by atomic mass is 16.3. The molecule has 0 bridgehead atoms. The Bertz CT molecular complexity index is 939. The van der Waals surface area contributed by atoms with Crippen LogP contribution >= 0.6 is 0 Å². The van der Waals surface area contributed by atoms with Crippen molar-refractivity contribution in [1.29, 1.82) is 0 Å². The topological polar surface area (TPSA) is 36.7 Å². The molecule has 1 aromatic heterocycles. The van der Waals surface area contributed by atoms with E-state index in [0.29, 0.717) is 12.5 Å². The largest absolute Gasteiger partial charge is 0.472 e. The summed E-state index contributed by atoms with van der Waals surface area (Å²) in [6, 6.07) is 2.32. The Hall–Kier alpha value is -2.51. The van der Waals surface area contributed by atoms with Crippen LogP contribution in [0, 0.1) is 23.7 Å². The number of rotatable bonds is 9. The number of carbonyl (C=O) groups excluding carboxylic acids is 1. The van der Waals surface area contributed by atoms with Gasteiger partial charge >= 0.3 is 0 Å². The van der Waals surface area contributed by atoms with E-state index in [9.17, 15) is 4.79 Å². The standard InChI is InChI=1S/C32H46N2O2.2C2H6/c1-5-8-9-11-27(6-2)22-28(7-3)24-34(32(35)30-15-13-26(4)14-16-30)31-12-10-19-33(20-17-31)23-29-18-21-36-25-29;2*1-2/h6-7,18,21-22,25-26,30-31H,2,5,8,10,12-17,19-20,23-24H2,1,3-4H3;2*1-2H3/b27-22+,28-7+;;. The monoisotopic (exact) mass is 550 g/mol. The second-order valence-electron chi connectivity index (χ2n) is 10.6. The molecule has 0 N–H and O–H groups in total. The van der Waals surface area contributed by atoms with Gasteiger partial charge in [0.15, 0.2) is 0 Å². The van der Waals surface area contributed by atoms with Gasteiger partial charge in [-0.3, -0.25) is 9.69 Å². The summed E-state index contributed by atoms with van der Waals surface area (Å²) >= 11 is 0. The van der Waals surface area contributed by atoms with Gasteiger partial charge in [-0.15, -0.1) is 0 Å². The van der Waals surface area contributed by atoms with Gasteiger partial charge in [0.2, 0.25) is 5.91 Å². The van der Waals surface area contributed by atoms with E-state index < -0.39 is 0 Å². The maximum absolute atomic E-state index is 14.0. The van der Waals surface area contributed by atoms with Gasteiger partial charge in [0.05, 0.1) is 12.5 Å². The minimum Gasteiger partial charge on any atom is -0.472 e. The highest BCUT2D eigenvalue weighted by Gasteiger charge is 2.33. The van der Waals surface area contributed by atoms with E-state index in [0.717, 1.165) is 94.5 Å². The third-order valence-corrected chi connectivity index (χ3v) is 7.76. The second-order valence-corrected chi connectivity index (χ2v) is 10.6.